The molecule has 7 heteroatoms. The third-order valence-electron chi connectivity index (χ3n) is 8.99. The molecular weight excluding hydrogens is 516 g/mol. The van der Waals surface area contributed by atoms with Crippen LogP contribution < -0.4 is 10.6 Å². The van der Waals surface area contributed by atoms with Crippen LogP contribution in [0.4, 0.5) is 0 Å². The predicted octanol–water partition coefficient (Wildman–Crippen LogP) is 5.94. The number of nitrogens with one attached hydrogen (secondary N) is 2. The van der Waals surface area contributed by atoms with E-state index in [9.17, 15) is 19.8 Å². The van der Waals surface area contributed by atoms with Gasteiger partial charge in [0.05, 0.1) is 13.0 Å². The molecule has 0 bridgehead atoms. The fourth-order valence-electron chi connectivity index (χ4n) is 5.68. The quantitative estimate of drug-likeness (QED) is 0.152. The van der Waals surface area contributed by atoms with Crippen LogP contribution in [0.5, 0.6) is 5.75 Å². The van der Waals surface area contributed by atoms with E-state index in [2.05, 4.69) is 43.5 Å². The van der Waals surface area contributed by atoms with Crippen LogP contribution in [0.25, 0.3) is 0 Å². The molecule has 5 N–H and O–H groups in total. The third kappa shape index (κ3) is 9.72. The number of aliphatic hydroxyl groups is 1. The Morgan fingerprint density at radius 3 is 2.38 bits per heavy atom. The van der Waals surface area contributed by atoms with Crippen LogP contribution >= 0.6 is 0 Å². The van der Waals surface area contributed by atoms with Crippen molar-refractivity contribution in [2.45, 2.75) is 121 Å². The van der Waals surface area contributed by atoms with Gasteiger partial charge in [0.1, 0.15) is 5.75 Å². The number of amides is 1. The highest BCUT2D eigenvalue weighted by Gasteiger charge is 2.40. The lowest BCUT2D eigenvalue weighted by atomic mass is 9.88. The Bertz CT molecular complexity index is 1090. The number of rotatable bonds is 13. The SMILES string of the molecule is C[C@H](Cc1cccc(CC(=O)NC2CCCCCC2)c1)NC[C@H](CC(C)(C)[Si](C)(C)O)c1ccc(O)c(CO)c1. The first-order chi connectivity index (χ1) is 18.9. The number of hydrogen-bond acceptors (Lipinski definition) is 5. The summed E-state index contributed by atoms with van der Waals surface area (Å²) in [4.78, 5) is 23.7. The smallest absolute Gasteiger partial charge is 0.224 e. The summed E-state index contributed by atoms with van der Waals surface area (Å²) in [6.07, 6.45) is 9.20. The Balaban J connectivity index is 1.62. The molecule has 1 saturated carbocycles. The summed E-state index contributed by atoms with van der Waals surface area (Å²) in [6, 6.07) is 14.4. The predicted molar refractivity (Wildman–Crippen MR) is 166 cm³/mol. The van der Waals surface area contributed by atoms with Crippen LogP contribution in [0.1, 0.15) is 93.9 Å². The minimum absolute atomic E-state index is 0.102. The maximum Gasteiger partial charge on any atom is 0.224 e. The monoisotopic (exact) mass is 568 g/mol. The number of carbonyl (C=O) groups excluding carboxylic acids is 1. The van der Waals surface area contributed by atoms with Gasteiger partial charge >= 0.3 is 0 Å². The van der Waals surface area contributed by atoms with Crippen LogP contribution in [0.3, 0.4) is 0 Å². The zero-order valence-corrected chi connectivity index (χ0v) is 26.3. The Labute approximate surface area is 242 Å². The lowest BCUT2D eigenvalue weighted by Crippen LogP contribution is -2.41. The largest absolute Gasteiger partial charge is 0.508 e. The standard InChI is InChI=1S/C33H52N2O4Si/c1-24(17-25-11-10-12-26(18-25)19-32(38)35-30-13-8-6-7-9-14-30)34-22-29(21-33(2,3)40(4,5)39)27-15-16-31(37)28(20-27)23-36/h10-12,15-16,18,20,24,29-30,34,36-37,39H,6-9,13-14,17,19,21-23H2,1-5H3,(H,35,38)/t24-,29+/m1/s1. The first-order valence-electron chi connectivity index (χ1n) is 15.1. The van der Waals surface area contributed by atoms with E-state index in [4.69, 9.17) is 0 Å². The molecule has 2 atom stereocenters. The number of benzene rings is 2. The van der Waals surface area contributed by atoms with Gasteiger partial charge in [-0.15, -0.1) is 0 Å². The molecule has 6 nitrogen and oxygen atoms in total. The summed E-state index contributed by atoms with van der Waals surface area (Å²) in [5.41, 5.74) is 3.82. The molecule has 222 valence electrons. The topological polar surface area (TPSA) is 102 Å². The van der Waals surface area contributed by atoms with Crippen molar-refractivity contribution in [1.29, 1.82) is 0 Å². The summed E-state index contributed by atoms with van der Waals surface area (Å²) in [5.74, 6) is 0.332. The molecule has 2 aromatic carbocycles. The van der Waals surface area contributed by atoms with Crippen molar-refractivity contribution in [3.63, 3.8) is 0 Å². The minimum Gasteiger partial charge on any atom is -0.508 e. The first-order valence-corrected chi connectivity index (χ1v) is 18.1. The molecule has 0 radical (unpaired) electrons. The second-order valence-corrected chi connectivity index (χ2v) is 17.6. The van der Waals surface area contributed by atoms with E-state index in [-0.39, 0.29) is 35.3 Å². The highest BCUT2D eigenvalue weighted by atomic mass is 28.4. The molecule has 0 saturated heterocycles. The summed E-state index contributed by atoms with van der Waals surface area (Å²) >= 11 is 0. The van der Waals surface area contributed by atoms with Gasteiger partial charge in [-0.3, -0.25) is 4.79 Å². The zero-order valence-electron chi connectivity index (χ0n) is 25.3. The number of phenols is 1. The van der Waals surface area contributed by atoms with Gasteiger partial charge in [0.2, 0.25) is 5.91 Å². The van der Waals surface area contributed by atoms with E-state index in [1.165, 1.54) is 31.2 Å². The highest BCUT2D eigenvalue weighted by molar-refractivity contribution is 6.72. The fourth-order valence-corrected chi connectivity index (χ4v) is 6.43. The van der Waals surface area contributed by atoms with Crippen molar-refractivity contribution in [3.05, 3.63) is 64.7 Å². The molecule has 1 aliphatic carbocycles. The molecule has 1 amide bonds. The molecule has 40 heavy (non-hydrogen) atoms. The van der Waals surface area contributed by atoms with Gasteiger partial charge in [0.25, 0.3) is 0 Å². The number of aromatic hydroxyl groups is 1. The van der Waals surface area contributed by atoms with Crippen LogP contribution in [0.15, 0.2) is 42.5 Å². The van der Waals surface area contributed by atoms with Crippen LogP contribution in [-0.2, 0) is 24.2 Å². The molecule has 1 aliphatic rings. The zero-order chi connectivity index (χ0) is 29.3. The molecular formula is C33H52N2O4Si. The summed E-state index contributed by atoms with van der Waals surface area (Å²) < 4.78 is 0. The van der Waals surface area contributed by atoms with Gasteiger partial charge in [0, 0.05) is 24.2 Å². The van der Waals surface area contributed by atoms with Gasteiger partial charge in [0.15, 0.2) is 8.32 Å². The average molecular weight is 569 g/mol. The van der Waals surface area contributed by atoms with Gasteiger partial charge in [-0.05, 0) is 85.5 Å². The lowest BCUT2D eigenvalue weighted by Gasteiger charge is -2.38. The average Bonchev–Trinajstić information content (AvgIpc) is 3.15. The Morgan fingerprint density at radius 2 is 1.73 bits per heavy atom. The van der Waals surface area contributed by atoms with Crippen molar-refractivity contribution < 1.29 is 19.8 Å². The van der Waals surface area contributed by atoms with E-state index < -0.39 is 8.32 Å². The fraction of sp³-hybridized carbons (Fsp3) is 0.606. The molecule has 0 aliphatic heterocycles. The molecule has 0 unspecified atom stereocenters. The minimum atomic E-state index is -2.43. The summed E-state index contributed by atoms with van der Waals surface area (Å²) in [5, 5.41) is 26.6. The second kappa shape index (κ2) is 14.6. The van der Waals surface area contributed by atoms with E-state index >= 15 is 0 Å². The van der Waals surface area contributed by atoms with Crippen molar-refractivity contribution >= 4 is 14.2 Å². The van der Waals surface area contributed by atoms with Crippen molar-refractivity contribution in [3.8, 4) is 5.75 Å². The van der Waals surface area contributed by atoms with E-state index in [0.717, 1.165) is 36.8 Å². The van der Waals surface area contributed by atoms with Crippen LogP contribution in [0.2, 0.25) is 18.1 Å². The van der Waals surface area contributed by atoms with Gasteiger partial charge in [-0.1, -0.05) is 69.9 Å². The maximum atomic E-state index is 12.7. The maximum absolute atomic E-state index is 12.7. The number of aliphatic hydroxyl groups excluding tert-OH is 1. The van der Waals surface area contributed by atoms with E-state index in [1.54, 1.807) is 6.07 Å². The molecule has 0 heterocycles. The molecule has 0 aromatic heterocycles. The Kier molecular flexibility index (Phi) is 11.8. The van der Waals surface area contributed by atoms with Gasteiger partial charge in [-0.2, -0.15) is 0 Å². The summed E-state index contributed by atoms with van der Waals surface area (Å²) in [7, 11) is -2.43. The van der Waals surface area contributed by atoms with Crippen molar-refractivity contribution in [2.24, 2.45) is 0 Å². The van der Waals surface area contributed by atoms with E-state index in [0.29, 0.717) is 24.6 Å². The number of hydrogen-bond donors (Lipinski definition) is 5. The first kappa shape index (κ1) is 32.3. The van der Waals surface area contributed by atoms with Gasteiger partial charge in [-0.25, -0.2) is 0 Å². The van der Waals surface area contributed by atoms with Gasteiger partial charge < -0.3 is 25.6 Å². The van der Waals surface area contributed by atoms with Crippen molar-refractivity contribution in [1.82, 2.24) is 10.6 Å². The highest BCUT2D eigenvalue weighted by Crippen LogP contribution is 2.44. The molecule has 0 spiro atoms. The van der Waals surface area contributed by atoms with Crippen LogP contribution in [0, 0.1) is 0 Å². The Hall–Kier alpha value is -2.19. The molecule has 1 fully saturated rings. The number of carbonyl (C=O) groups is 1. The van der Waals surface area contributed by atoms with E-state index in [1.807, 2.05) is 37.4 Å². The Morgan fingerprint density at radius 1 is 1.05 bits per heavy atom. The van der Waals surface area contributed by atoms with Crippen molar-refractivity contribution in [2.75, 3.05) is 6.54 Å². The second-order valence-electron chi connectivity index (χ2n) is 13.2. The third-order valence-corrected chi connectivity index (χ3v) is 12.5. The van der Waals surface area contributed by atoms with Crippen LogP contribution in [-0.4, -0.2) is 47.9 Å². The normalized spacial score (nSPS) is 16.8. The lowest BCUT2D eigenvalue weighted by molar-refractivity contribution is -0.121. The molecule has 2 aromatic rings. The summed E-state index contributed by atoms with van der Waals surface area (Å²) in [6.45, 7) is 10.9. The molecule has 3 rings (SSSR count).